The van der Waals surface area contributed by atoms with E-state index < -0.39 is 6.10 Å². The summed E-state index contributed by atoms with van der Waals surface area (Å²) in [6.45, 7) is 6.48. The molecular formula is C57H100O6. The zero-order chi connectivity index (χ0) is 45.8. The second kappa shape index (κ2) is 51.7. The molecule has 0 aromatic carbocycles. The molecule has 0 aliphatic carbocycles. The highest BCUT2D eigenvalue weighted by molar-refractivity contribution is 5.71. The van der Waals surface area contributed by atoms with E-state index in [1.165, 1.54) is 154 Å². The number of allylic oxidation sites excluding steroid dienone is 10. The van der Waals surface area contributed by atoms with E-state index in [4.69, 9.17) is 14.2 Å². The van der Waals surface area contributed by atoms with Gasteiger partial charge in [-0.3, -0.25) is 14.4 Å². The van der Waals surface area contributed by atoms with Crippen LogP contribution in [0, 0.1) is 0 Å². The van der Waals surface area contributed by atoms with Gasteiger partial charge in [-0.25, -0.2) is 0 Å². The highest BCUT2D eigenvalue weighted by Crippen LogP contribution is 2.15. The first-order valence-corrected chi connectivity index (χ1v) is 26.8. The summed E-state index contributed by atoms with van der Waals surface area (Å²) in [6.07, 6.45) is 63.4. The molecule has 0 aromatic rings. The summed E-state index contributed by atoms with van der Waals surface area (Å²) < 4.78 is 16.8. The second-order valence-corrected chi connectivity index (χ2v) is 17.8. The Labute approximate surface area is 390 Å². The third kappa shape index (κ3) is 50.0. The van der Waals surface area contributed by atoms with E-state index in [2.05, 4.69) is 81.5 Å². The summed E-state index contributed by atoms with van der Waals surface area (Å²) >= 11 is 0. The van der Waals surface area contributed by atoms with Gasteiger partial charge >= 0.3 is 17.9 Å². The van der Waals surface area contributed by atoms with E-state index in [1.807, 2.05) is 0 Å². The first-order valence-electron chi connectivity index (χ1n) is 26.8. The van der Waals surface area contributed by atoms with Crippen molar-refractivity contribution in [2.75, 3.05) is 13.2 Å². The van der Waals surface area contributed by atoms with Crippen LogP contribution in [0.4, 0.5) is 0 Å². The van der Waals surface area contributed by atoms with Crippen LogP contribution in [0.15, 0.2) is 60.8 Å². The van der Waals surface area contributed by atoms with E-state index in [9.17, 15) is 14.4 Å². The van der Waals surface area contributed by atoms with Gasteiger partial charge in [0.15, 0.2) is 6.10 Å². The average molecular weight is 881 g/mol. The number of carbonyl (C=O) groups is 3. The Morgan fingerprint density at radius 2 is 0.635 bits per heavy atom. The van der Waals surface area contributed by atoms with E-state index in [-0.39, 0.29) is 31.1 Å². The summed E-state index contributed by atoms with van der Waals surface area (Å²) in [5.74, 6) is -0.896. The molecule has 0 bridgehead atoms. The minimum absolute atomic E-state index is 0.0815. The van der Waals surface area contributed by atoms with Crippen LogP contribution in [0.5, 0.6) is 0 Å². The molecule has 0 N–H and O–H groups in total. The summed E-state index contributed by atoms with van der Waals surface area (Å²) in [7, 11) is 0. The highest BCUT2D eigenvalue weighted by atomic mass is 16.6. The quantitative estimate of drug-likeness (QED) is 0.0199. The topological polar surface area (TPSA) is 78.9 Å². The number of rotatable bonds is 48. The van der Waals surface area contributed by atoms with Crippen LogP contribution in [-0.4, -0.2) is 37.2 Å². The van der Waals surface area contributed by atoms with Gasteiger partial charge in [-0.05, 0) is 89.9 Å². The second-order valence-electron chi connectivity index (χ2n) is 17.8. The number of carbonyl (C=O) groups excluding carboxylic acids is 3. The maximum atomic E-state index is 12.8. The maximum Gasteiger partial charge on any atom is 0.306 e. The molecule has 0 heterocycles. The average Bonchev–Trinajstić information content (AvgIpc) is 3.28. The monoisotopic (exact) mass is 881 g/mol. The van der Waals surface area contributed by atoms with Gasteiger partial charge in [0.1, 0.15) is 13.2 Å². The standard InChI is InChI=1S/C57H100O6/c1-4-7-10-13-16-19-22-25-28-31-34-37-40-43-46-49-55(58)61-52-54(63-57(60)51-48-45-42-39-36-33-30-27-24-21-18-15-12-9-6-3)53-62-56(59)50-47-44-41-38-35-32-29-26-23-20-17-14-11-8-5-2/h7,10,13,16,19-24,54H,4-6,8-9,11-12,14-15,17-18,25-53H2,1-3H3/b10-7-,16-13-,22-19-,23-20-,24-21-. The molecule has 0 saturated heterocycles. The predicted molar refractivity (Wildman–Crippen MR) is 270 cm³/mol. The fraction of sp³-hybridized carbons (Fsp3) is 0.772. The van der Waals surface area contributed by atoms with Crippen molar-refractivity contribution in [1.29, 1.82) is 0 Å². The molecule has 1 atom stereocenters. The van der Waals surface area contributed by atoms with Crippen LogP contribution in [0.25, 0.3) is 0 Å². The fourth-order valence-corrected chi connectivity index (χ4v) is 7.49. The zero-order valence-corrected chi connectivity index (χ0v) is 41.6. The van der Waals surface area contributed by atoms with Gasteiger partial charge < -0.3 is 14.2 Å². The molecule has 6 nitrogen and oxygen atoms in total. The minimum Gasteiger partial charge on any atom is -0.462 e. The largest absolute Gasteiger partial charge is 0.462 e. The molecule has 0 fully saturated rings. The van der Waals surface area contributed by atoms with E-state index >= 15 is 0 Å². The Balaban J connectivity index is 4.40. The molecule has 0 rings (SSSR count). The van der Waals surface area contributed by atoms with Gasteiger partial charge in [0.05, 0.1) is 0 Å². The third-order valence-electron chi connectivity index (χ3n) is 11.5. The number of hydrogen-bond acceptors (Lipinski definition) is 6. The zero-order valence-electron chi connectivity index (χ0n) is 41.6. The van der Waals surface area contributed by atoms with Gasteiger partial charge in [0.2, 0.25) is 0 Å². The first-order chi connectivity index (χ1) is 31.0. The van der Waals surface area contributed by atoms with Crippen molar-refractivity contribution in [3.63, 3.8) is 0 Å². The molecular weight excluding hydrogens is 781 g/mol. The van der Waals surface area contributed by atoms with E-state index in [0.717, 1.165) is 70.6 Å². The molecule has 0 aliphatic rings. The van der Waals surface area contributed by atoms with Crippen LogP contribution in [0.1, 0.15) is 265 Å². The normalized spacial score (nSPS) is 12.5. The van der Waals surface area contributed by atoms with Crippen molar-refractivity contribution in [3.05, 3.63) is 60.8 Å². The van der Waals surface area contributed by atoms with Crippen LogP contribution < -0.4 is 0 Å². The maximum absolute atomic E-state index is 12.8. The molecule has 63 heavy (non-hydrogen) atoms. The molecule has 0 amide bonds. The van der Waals surface area contributed by atoms with Gasteiger partial charge in [-0.1, -0.05) is 216 Å². The van der Waals surface area contributed by atoms with Gasteiger partial charge in [-0.2, -0.15) is 0 Å². The van der Waals surface area contributed by atoms with Gasteiger partial charge in [0.25, 0.3) is 0 Å². The van der Waals surface area contributed by atoms with Gasteiger partial charge in [-0.15, -0.1) is 0 Å². The molecule has 0 aromatic heterocycles. The lowest BCUT2D eigenvalue weighted by atomic mass is 10.1. The predicted octanol–water partition coefficient (Wildman–Crippen LogP) is 17.6. The summed E-state index contributed by atoms with van der Waals surface area (Å²) in [6, 6.07) is 0. The lowest BCUT2D eigenvalue weighted by Gasteiger charge is -2.18. The molecule has 0 saturated carbocycles. The molecule has 1 unspecified atom stereocenters. The van der Waals surface area contributed by atoms with Gasteiger partial charge in [0, 0.05) is 19.3 Å². The minimum atomic E-state index is -0.782. The van der Waals surface area contributed by atoms with Crippen molar-refractivity contribution >= 4 is 17.9 Å². The highest BCUT2D eigenvalue weighted by Gasteiger charge is 2.19. The molecule has 0 spiro atoms. The molecule has 0 radical (unpaired) electrons. The first kappa shape index (κ1) is 60.1. The summed E-state index contributed by atoms with van der Waals surface area (Å²) in [4.78, 5) is 38.0. The third-order valence-corrected chi connectivity index (χ3v) is 11.5. The van der Waals surface area contributed by atoms with Crippen molar-refractivity contribution in [3.8, 4) is 0 Å². The smallest absolute Gasteiger partial charge is 0.306 e. The van der Waals surface area contributed by atoms with Crippen molar-refractivity contribution < 1.29 is 28.6 Å². The molecule has 0 aliphatic heterocycles. The Hall–Kier alpha value is -2.89. The molecule has 364 valence electrons. The summed E-state index contributed by atoms with van der Waals surface area (Å²) in [5.41, 5.74) is 0. The number of ether oxygens (including phenoxy) is 3. The van der Waals surface area contributed by atoms with Crippen LogP contribution in [0.2, 0.25) is 0 Å². The Morgan fingerprint density at radius 3 is 1.00 bits per heavy atom. The van der Waals surface area contributed by atoms with Crippen molar-refractivity contribution in [1.82, 2.24) is 0 Å². The lowest BCUT2D eigenvalue weighted by molar-refractivity contribution is -0.167. The number of esters is 3. The molecule has 6 heteroatoms. The van der Waals surface area contributed by atoms with E-state index in [1.54, 1.807) is 0 Å². The summed E-state index contributed by atoms with van der Waals surface area (Å²) in [5, 5.41) is 0. The van der Waals surface area contributed by atoms with E-state index in [0.29, 0.717) is 19.3 Å². The number of hydrogen-bond donors (Lipinski definition) is 0. The Kier molecular flexibility index (Phi) is 49.4. The Bertz CT molecular complexity index is 1150. The Morgan fingerprint density at radius 1 is 0.333 bits per heavy atom. The number of unbranched alkanes of at least 4 members (excludes halogenated alkanes) is 29. The van der Waals surface area contributed by atoms with Crippen LogP contribution in [-0.2, 0) is 28.6 Å². The van der Waals surface area contributed by atoms with Crippen molar-refractivity contribution in [2.45, 2.75) is 271 Å². The van der Waals surface area contributed by atoms with Crippen molar-refractivity contribution in [2.24, 2.45) is 0 Å². The lowest BCUT2D eigenvalue weighted by Crippen LogP contribution is -2.30. The fourth-order valence-electron chi connectivity index (χ4n) is 7.49. The van der Waals surface area contributed by atoms with Crippen LogP contribution >= 0.6 is 0 Å². The van der Waals surface area contributed by atoms with Crippen LogP contribution in [0.3, 0.4) is 0 Å². The SMILES string of the molecule is CC\C=C/C=C\C=C/CCCCCCCCCC(=O)OCC(COC(=O)CCCCCCCCC/C=C\CCCCCC)OC(=O)CCCCCCCCC/C=C\CCCCCC.